The first-order valence-electron chi connectivity index (χ1n) is 7.08. The summed E-state index contributed by atoms with van der Waals surface area (Å²) in [6.45, 7) is 0.861. The average molecular weight is 275 g/mol. The van der Waals surface area contributed by atoms with Gasteiger partial charge in [-0.05, 0) is 36.3 Å². The maximum atomic E-state index is 4.45. The van der Waals surface area contributed by atoms with Gasteiger partial charge in [0, 0.05) is 30.7 Å². The van der Waals surface area contributed by atoms with E-state index in [9.17, 15) is 0 Å². The molecule has 1 saturated carbocycles. The lowest BCUT2D eigenvalue weighted by Crippen LogP contribution is -2.26. The van der Waals surface area contributed by atoms with Gasteiger partial charge in [-0.1, -0.05) is 18.9 Å². The van der Waals surface area contributed by atoms with E-state index in [1.165, 1.54) is 30.6 Å². The molecule has 3 nitrogen and oxygen atoms in total. The molecule has 0 bridgehead atoms. The number of hydrogen-bond acceptors (Lipinski definition) is 3. The Labute approximate surface area is 118 Å². The van der Waals surface area contributed by atoms with Crippen LogP contribution in [0.5, 0.6) is 0 Å². The van der Waals surface area contributed by atoms with Gasteiger partial charge in [-0.3, -0.25) is 4.68 Å². The third-order valence-electron chi connectivity index (χ3n) is 3.99. The molecule has 0 spiro atoms. The van der Waals surface area contributed by atoms with Gasteiger partial charge in [0.15, 0.2) is 0 Å². The van der Waals surface area contributed by atoms with Gasteiger partial charge in [0.05, 0.1) is 5.69 Å². The first-order chi connectivity index (χ1) is 9.33. The highest BCUT2D eigenvalue weighted by molar-refractivity contribution is 7.10. The molecule has 1 unspecified atom stereocenters. The monoisotopic (exact) mass is 275 g/mol. The first kappa shape index (κ1) is 12.9. The van der Waals surface area contributed by atoms with Crippen molar-refractivity contribution in [3.63, 3.8) is 0 Å². The Morgan fingerprint density at radius 1 is 1.42 bits per heavy atom. The molecule has 0 amide bonds. The highest BCUT2D eigenvalue weighted by atomic mass is 32.1. The molecule has 102 valence electrons. The summed E-state index contributed by atoms with van der Waals surface area (Å²) in [5.41, 5.74) is 1.13. The van der Waals surface area contributed by atoms with E-state index in [4.69, 9.17) is 0 Å². The molecule has 1 aliphatic rings. The lowest BCUT2D eigenvalue weighted by molar-refractivity contribution is 0.369. The normalized spacial score (nSPS) is 17.9. The van der Waals surface area contributed by atoms with Crippen molar-refractivity contribution in [2.45, 2.75) is 38.3 Å². The van der Waals surface area contributed by atoms with Crippen molar-refractivity contribution in [1.82, 2.24) is 15.1 Å². The summed E-state index contributed by atoms with van der Waals surface area (Å²) in [4.78, 5) is 1.47. The standard InChI is InChI=1S/C15H21N3S/c1-18-9-8-13(17-18)11-16-15(12-5-2-3-6-12)14-7-4-10-19-14/h4,7-10,12,15-16H,2-3,5-6,11H2,1H3. The predicted octanol–water partition coefficient (Wildman–Crippen LogP) is 3.50. The summed E-state index contributed by atoms with van der Waals surface area (Å²) >= 11 is 1.87. The molecule has 1 fully saturated rings. The SMILES string of the molecule is Cn1ccc(CNC(c2cccs2)C2CCCC2)n1. The second-order valence-corrected chi connectivity index (χ2v) is 6.38. The Morgan fingerprint density at radius 2 is 2.26 bits per heavy atom. The molecule has 1 atom stereocenters. The zero-order chi connectivity index (χ0) is 13.1. The zero-order valence-electron chi connectivity index (χ0n) is 11.4. The maximum absolute atomic E-state index is 4.45. The lowest BCUT2D eigenvalue weighted by atomic mass is 9.96. The van der Waals surface area contributed by atoms with Crippen LogP contribution < -0.4 is 5.32 Å². The highest BCUT2D eigenvalue weighted by Gasteiger charge is 2.26. The van der Waals surface area contributed by atoms with E-state index in [0.717, 1.165) is 18.2 Å². The third kappa shape index (κ3) is 3.07. The van der Waals surface area contributed by atoms with Crippen LogP contribution in [0.2, 0.25) is 0 Å². The molecule has 2 heterocycles. The Bertz CT molecular complexity index is 497. The van der Waals surface area contributed by atoms with Gasteiger partial charge in [0.25, 0.3) is 0 Å². The van der Waals surface area contributed by atoms with Crippen LogP contribution in [0.4, 0.5) is 0 Å². The van der Waals surface area contributed by atoms with Crippen LogP contribution in [-0.4, -0.2) is 9.78 Å². The van der Waals surface area contributed by atoms with Crippen LogP contribution in [0.25, 0.3) is 0 Å². The summed E-state index contributed by atoms with van der Waals surface area (Å²) in [5.74, 6) is 0.794. The third-order valence-corrected chi connectivity index (χ3v) is 4.95. The van der Waals surface area contributed by atoms with Crippen LogP contribution in [0.1, 0.15) is 42.3 Å². The summed E-state index contributed by atoms with van der Waals surface area (Å²) < 4.78 is 1.87. The van der Waals surface area contributed by atoms with E-state index < -0.39 is 0 Å². The topological polar surface area (TPSA) is 29.9 Å². The fourth-order valence-corrected chi connectivity index (χ4v) is 3.92. The molecule has 1 aliphatic carbocycles. The van der Waals surface area contributed by atoms with Crippen molar-refractivity contribution >= 4 is 11.3 Å². The van der Waals surface area contributed by atoms with Crippen molar-refractivity contribution in [1.29, 1.82) is 0 Å². The Kier molecular flexibility index (Phi) is 3.99. The van der Waals surface area contributed by atoms with Crippen molar-refractivity contribution in [3.05, 3.63) is 40.3 Å². The molecule has 2 aromatic heterocycles. The highest BCUT2D eigenvalue weighted by Crippen LogP contribution is 2.37. The summed E-state index contributed by atoms with van der Waals surface area (Å²) in [5, 5.41) is 10.4. The Balaban J connectivity index is 1.68. The van der Waals surface area contributed by atoms with Gasteiger partial charge in [0.2, 0.25) is 0 Å². The first-order valence-corrected chi connectivity index (χ1v) is 7.96. The van der Waals surface area contributed by atoms with E-state index in [1.54, 1.807) is 0 Å². The van der Waals surface area contributed by atoms with Crippen LogP contribution in [0.3, 0.4) is 0 Å². The predicted molar refractivity (Wildman–Crippen MR) is 79.1 cm³/mol. The fraction of sp³-hybridized carbons (Fsp3) is 0.533. The van der Waals surface area contributed by atoms with Crippen LogP contribution >= 0.6 is 11.3 Å². The van der Waals surface area contributed by atoms with Crippen molar-refractivity contribution in [2.75, 3.05) is 0 Å². The molecule has 0 aromatic carbocycles. The van der Waals surface area contributed by atoms with Gasteiger partial charge in [-0.25, -0.2) is 0 Å². The number of rotatable bonds is 5. The smallest absolute Gasteiger partial charge is 0.0762 e. The van der Waals surface area contributed by atoms with E-state index >= 15 is 0 Å². The van der Waals surface area contributed by atoms with Gasteiger partial charge in [-0.15, -0.1) is 11.3 Å². The quantitative estimate of drug-likeness (QED) is 0.905. The molecule has 0 radical (unpaired) electrons. The largest absolute Gasteiger partial charge is 0.303 e. The molecule has 1 N–H and O–H groups in total. The average Bonchev–Trinajstić information content (AvgIpc) is 3.11. The molecule has 0 saturated heterocycles. The van der Waals surface area contributed by atoms with Gasteiger partial charge in [0.1, 0.15) is 0 Å². The van der Waals surface area contributed by atoms with Gasteiger partial charge in [-0.2, -0.15) is 5.10 Å². The van der Waals surface area contributed by atoms with Crippen LogP contribution in [0, 0.1) is 5.92 Å². The lowest BCUT2D eigenvalue weighted by Gasteiger charge is -2.23. The van der Waals surface area contributed by atoms with E-state index in [0.29, 0.717) is 6.04 Å². The minimum atomic E-state index is 0.504. The fourth-order valence-electron chi connectivity index (χ4n) is 3.03. The molecular weight excluding hydrogens is 254 g/mol. The number of hydrogen-bond donors (Lipinski definition) is 1. The van der Waals surface area contributed by atoms with Crippen LogP contribution in [-0.2, 0) is 13.6 Å². The molecule has 19 heavy (non-hydrogen) atoms. The summed E-state index contributed by atoms with van der Waals surface area (Å²) in [6.07, 6.45) is 7.50. The summed E-state index contributed by atoms with van der Waals surface area (Å²) in [7, 11) is 1.97. The van der Waals surface area contributed by atoms with Crippen LogP contribution in [0.15, 0.2) is 29.8 Å². The molecular formula is C15H21N3S. The molecule has 2 aromatic rings. The minimum absolute atomic E-state index is 0.504. The van der Waals surface area contributed by atoms with E-state index in [2.05, 4.69) is 34.0 Å². The van der Waals surface area contributed by atoms with Gasteiger partial charge >= 0.3 is 0 Å². The number of aryl methyl sites for hydroxylation is 1. The Morgan fingerprint density at radius 3 is 2.89 bits per heavy atom. The van der Waals surface area contributed by atoms with E-state index in [1.807, 2.05) is 29.3 Å². The Hall–Kier alpha value is -1.13. The second-order valence-electron chi connectivity index (χ2n) is 5.40. The van der Waals surface area contributed by atoms with Crippen molar-refractivity contribution in [2.24, 2.45) is 13.0 Å². The van der Waals surface area contributed by atoms with Crippen molar-refractivity contribution < 1.29 is 0 Å². The molecule has 3 rings (SSSR count). The molecule has 4 heteroatoms. The maximum Gasteiger partial charge on any atom is 0.0762 e. The molecule has 0 aliphatic heterocycles. The van der Waals surface area contributed by atoms with Crippen molar-refractivity contribution in [3.8, 4) is 0 Å². The number of nitrogens with zero attached hydrogens (tertiary/aromatic N) is 2. The number of thiophene rings is 1. The number of aromatic nitrogens is 2. The van der Waals surface area contributed by atoms with E-state index in [-0.39, 0.29) is 0 Å². The van der Waals surface area contributed by atoms with Gasteiger partial charge < -0.3 is 5.32 Å². The number of nitrogens with one attached hydrogen (secondary N) is 1. The zero-order valence-corrected chi connectivity index (χ0v) is 12.2. The minimum Gasteiger partial charge on any atom is -0.303 e. The summed E-state index contributed by atoms with van der Waals surface area (Å²) in [6, 6.07) is 7.01. The second kappa shape index (κ2) is 5.88.